The van der Waals surface area contributed by atoms with Crippen LogP contribution in [-0.4, -0.2) is 24.8 Å². The number of carbonyl (C=O) groups excluding carboxylic acids is 1. The predicted octanol–water partition coefficient (Wildman–Crippen LogP) is 3.70. The van der Waals surface area contributed by atoms with Gasteiger partial charge in [-0.2, -0.15) is 0 Å². The number of amides is 1. The Hall–Kier alpha value is -2.99. The minimum Gasteiger partial charge on any atom is -0.493 e. The lowest BCUT2D eigenvalue weighted by molar-refractivity contribution is -0.123. The molecule has 0 saturated heterocycles. The van der Waals surface area contributed by atoms with Gasteiger partial charge in [0.2, 0.25) is 0 Å². The third-order valence-electron chi connectivity index (χ3n) is 3.59. The highest BCUT2D eigenvalue weighted by molar-refractivity contribution is 6.30. The van der Waals surface area contributed by atoms with Crippen molar-refractivity contribution in [2.24, 2.45) is 0 Å². The number of halogens is 1. The molecule has 0 radical (unpaired) electrons. The zero-order valence-corrected chi connectivity index (χ0v) is 14.8. The number of benzene rings is 2. The normalized spacial score (nSPS) is 10.4. The molecule has 7 heteroatoms. The number of hydrogen-bond donors (Lipinski definition) is 1. The van der Waals surface area contributed by atoms with Crippen LogP contribution in [0.5, 0.6) is 11.5 Å². The van der Waals surface area contributed by atoms with E-state index in [-0.39, 0.29) is 19.1 Å². The van der Waals surface area contributed by atoms with Gasteiger partial charge in [-0.25, -0.2) is 0 Å². The Labute approximate surface area is 155 Å². The molecule has 1 amide bonds. The summed E-state index contributed by atoms with van der Waals surface area (Å²) in [6.45, 7) is 0.0905. The standard InChI is InChI=1S/C19H17ClN2O4/c1-24-17-4-2-3-5-18(17)25-12-19(23)21-11-15-10-16(22-26-15)13-6-8-14(20)9-7-13/h2-10H,11-12H2,1H3,(H,21,23). The number of para-hydroxylation sites is 2. The van der Waals surface area contributed by atoms with Gasteiger partial charge in [0.05, 0.1) is 13.7 Å². The Morgan fingerprint density at radius 1 is 1.15 bits per heavy atom. The van der Waals surface area contributed by atoms with Gasteiger partial charge in [0.15, 0.2) is 23.9 Å². The predicted molar refractivity (Wildman–Crippen MR) is 97.3 cm³/mol. The summed E-state index contributed by atoms with van der Waals surface area (Å²) in [5.74, 6) is 1.35. The highest BCUT2D eigenvalue weighted by Crippen LogP contribution is 2.25. The number of nitrogens with zero attached hydrogens (tertiary/aromatic N) is 1. The Morgan fingerprint density at radius 2 is 1.88 bits per heavy atom. The van der Waals surface area contributed by atoms with Crippen LogP contribution in [0.25, 0.3) is 11.3 Å². The molecule has 0 unspecified atom stereocenters. The number of ether oxygens (including phenoxy) is 2. The number of aromatic nitrogens is 1. The van der Waals surface area contributed by atoms with Gasteiger partial charge in [0, 0.05) is 16.7 Å². The van der Waals surface area contributed by atoms with Crippen LogP contribution >= 0.6 is 11.6 Å². The van der Waals surface area contributed by atoms with E-state index < -0.39 is 0 Å². The van der Waals surface area contributed by atoms with Gasteiger partial charge in [0.1, 0.15) is 5.69 Å². The second-order valence-electron chi connectivity index (χ2n) is 5.40. The summed E-state index contributed by atoms with van der Waals surface area (Å²) in [6, 6.07) is 16.2. The topological polar surface area (TPSA) is 73.6 Å². The SMILES string of the molecule is COc1ccccc1OCC(=O)NCc1cc(-c2ccc(Cl)cc2)no1. The summed E-state index contributed by atoms with van der Waals surface area (Å²) in [4.78, 5) is 11.9. The maximum atomic E-state index is 11.9. The molecule has 0 aliphatic heterocycles. The first-order valence-electron chi connectivity index (χ1n) is 7.90. The first kappa shape index (κ1) is 17.8. The van der Waals surface area contributed by atoms with E-state index in [0.29, 0.717) is 28.0 Å². The lowest BCUT2D eigenvalue weighted by Crippen LogP contribution is -2.28. The summed E-state index contributed by atoms with van der Waals surface area (Å²) < 4.78 is 15.9. The Morgan fingerprint density at radius 3 is 2.62 bits per heavy atom. The van der Waals surface area contributed by atoms with Crippen LogP contribution in [0.15, 0.2) is 59.1 Å². The van der Waals surface area contributed by atoms with Crippen molar-refractivity contribution >= 4 is 17.5 Å². The Kier molecular flexibility index (Phi) is 5.76. The van der Waals surface area contributed by atoms with Crippen LogP contribution in [0.1, 0.15) is 5.76 Å². The van der Waals surface area contributed by atoms with Crippen molar-refractivity contribution in [1.82, 2.24) is 10.5 Å². The van der Waals surface area contributed by atoms with Crippen molar-refractivity contribution in [3.05, 3.63) is 65.4 Å². The number of carbonyl (C=O) groups is 1. The van der Waals surface area contributed by atoms with E-state index in [4.69, 9.17) is 25.6 Å². The molecule has 134 valence electrons. The molecule has 0 saturated carbocycles. The van der Waals surface area contributed by atoms with Gasteiger partial charge in [-0.15, -0.1) is 0 Å². The molecule has 0 bridgehead atoms. The molecule has 0 atom stereocenters. The molecule has 1 heterocycles. The van der Waals surface area contributed by atoms with E-state index in [1.165, 1.54) is 0 Å². The molecular weight excluding hydrogens is 356 g/mol. The van der Waals surface area contributed by atoms with E-state index in [1.807, 2.05) is 24.3 Å². The van der Waals surface area contributed by atoms with Crippen LogP contribution < -0.4 is 14.8 Å². The summed E-state index contributed by atoms with van der Waals surface area (Å²) in [7, 11) is 1.55. The summed E-state index contributed by atoms with van der Waals surface area (Å²) >= 11 is 5.87. The van der Waals surface area contributed by atoms with Gasteiger partial charge in [0.25, 0.3) is 5.91 Å². The largest absolute Gasteiger partial charge is 0.493 e. The Bertz CT molecular complexity index is 877. The molecule has 26 heavy (non-hydrogen) atoms. The van der Waals surface area contributed by atoms with E-state index in [2.05, 4.69) is 10.5 Å². The van der Waals surface area contributed by atoms with Gasteiger partial charge in [-0.3, -0.25) is 4.79 Å². The van der Waals surface area contributed by atoms with Crippen LogP contribution in [-0.2, 0) is 11.3 Å². The van der Waals surface area contributed by atoms with Crippen molar-refractivity contribution in [2.75, 3.05) is 13.7 Å². The molecular formula is C19H17ClN2O4. The molecule has 3 aromatic rings. The molecule has 6 nitrogen and oxygen atoms in total. The summed E-state index contributed by atoms with van der Waals surface area (Å²) in [5.41, 5.74) is 1.56. The lowest BCUT2D eigenvalue weighted by Gasteiger charge is -2.09. The highest BCUT2D eigenvalue weighted by atomic mass is 35.5. The van der Waals surface area contributed by atoms with Gasteiger partial charge in [-0.1, -0.05) is 41.0 Å². The molecule has 0 aliphatic rings. The van der Waals surface area contributed by atoms with Gasteiger partial charge in [-0.05, 0) is 24.3 Å². The average Bonchev–Trinajstić information content (AvgIpc) is 3.14. The minimum absolute atomic E-state index is 0.126. The van der Waals surface area contributed by atoms with Gasteiger partial charge >= 0.3 is 0 Å². The van der Waals surface area contributed by atoms with Crippen LogP contribution in [0.2, 0.25) is 5.02 Å². The molecule has 0 fully saturated rings. The van der Waals surface area contributed by atoms with Crippen LogP contribution in [0, 0.1) is 0 Å². The van der Waals surface area contributed by atoms with Crippen LogP contribution in [0.3, 0.4) is 0 Å². The lowest BCUT2D eigenvalue weighted by atomic mass is 10.1. The fourth-order valence-corrected chi connectivity index (χ4v) is 2.40. The smallest absolute Gasteiger partial charge is 0.258 e. The third kappa shape index (κ3) is 4.55. The molecule has 1 N–H and O–H groups in total. The third-order valence-corrected chi connectivity index (χ3v) is 3.84. The maximum Gasteiger partial charge on any atom is 0.258 e. The maximum absolute atomic E-state index is 11.9. The first-order valence-corrected chi connectivity index (χ1v) is 8.27. The molecule has 1 aromatic heterocycles. The van der Waals surface area contributed by atoms with E-state index in [1.54, 1.807) is 37.4 Å². The number of hydrogen-bond acceptors (Lipinski definition) is 5. The summed E-state index contributed by atoms with van der Waals surface area (Å²) in [6.07, 6.45) is 0. The van der Waals surface area contributed by atoms with Crippen molar-refractivity contribution in [3.63, 3.8) is 0 Å². The van der Waals surface area contributed by atoms with E-state index >= 15 is 0 Å². The highest BCUT2D eigenvalue weighted by Gasteiger charge is 2.10. The second kappa shape index (κ2) is 8.40. The number of nitrogens with one attached hydrogen (secondary N) is 1. The molecule has 2 aromatic carbocycles. The molecule has 0 aliphatic carbocycles. The van der Waals surface area contributed by atoms with Crippen LogP contribution in [0.4, 0.5) is 0 Å². The fraction of sp³-hybridized carbons (Fsp3) is 0.158. The van der Waals surface area contributed by atoms with E-state index in [0.717, 1.165) is 5.56 Å². The molecule has 3 rings (SSSR count). The first-order chi connectivity index (χ1) is 12.7. The quantitative estimate of drug-likeness (QED) is 0.684. The monoisotopic (exact) mass is 372 g/mol. The van der Waals surface area contributed by atoms with E-state index in [9.17, 15) is 4.79 Å². The van der Waals surface area contributed by atoms with Crippen molar-refractivity contribution in [2.45, 2.75) is 6.54 Å². The number of rotatable bonds is 7. The minimum atomic E-state index is -0.277. The Balaban J connectivity index is 1.51. The molecule has 0 spiro atoms. The second-order valence-corrected chi connectivity index (χ2v) is 5.84. The van der Waals surface area contributed by atoms with Crippen molar-refractivity contribution < 1.29 is 18.8 Å². The summed E-state index contributed by atoms with van der Waals surface area (Å²) in [5, 5.41) is 7.37. The van der Waals surface area contributed by atoms with Gasteiger partial charge < -0.3 is 19.3 Å². The zero-order valence-electron chi connectivity index (χ0n) is 14.1. The number of methoxy groups -OCH3 is 1. The van der Waals surface area contributed by atoms with Crippen molar-refractivity contribution in [3.8, 4) is 22.8 Å². The van der Waals surface area contributed by atoms with Crippen molar-refractivity contribution in [1.29, 1.82) is 0 Å². The average molecular weight is 373 g/mol. The fourth-order valence-electron chi connectivity index (χ4n) is 2.27. The zero-order chi connectivity index (χ0) is 18.4.